The maximum atomic E-state index is 11.1. The van der Waals surface area contributed by atoms with Crippen molar-refractivity contribution in [2.24, 2.45) is 5.16 Å². The fourth-order valence-corrected chi connectivity index (χ4v) is 0.919. The molecule has 13 heavy (non-hydrogen) atoms. The van der Waals surface area contributed by atoms with E-state index in [1.807, 2.05) is 0 Å². The molecule has 0 radical (unpaired) electrons. The van der Waals surface area contributed by atoms with E-state index < -0.39 is 11.8 Å². The van der Waals surface area contributed by atoms with Crippen LogP contribution in [-0.2, 0) is 14.4 Å². The summed E-state index contributed by atoms with van der Waals surface area (Å²) in [6, 6.07) is 0. The molecule has 0 unspecified atom stereocenters. The van der Waals surface area contributed by atoms with Crippen molar-refractivity contribution in [3.63, 3.8) is 0 Å². The molecule has 1 heterocycles. The lowest BCUT2D eigenvalue weighted by molar-refractivity contribution is -0.123. The molecule has 1 N–H and O–H groups in total. The summed E-state index contributed by atoms with van der Waals surface area (Å²) >= 11 is 0. The number of nitrogens with one attached hydrogen (secondary N) is 1. The molecule has 0 aromatic heterocycles. The number of rotatable bonds is 3. The molecule has 5 heteroatoms. The normalized spacial score (nSPS) is 16.7. The van der Waals surface area contributed by atoms with E-state index in [9.17, 15) is 9.59 Å². The van der Waals surface area contributed by atoms with Crippen LogP contribution in [0, 0.1) is 0 Å². The standard InChI is InChI=1S/C8H8N2O3/c1-3-5-6(4-9-13-2)8(12)10-7(5)11/h3-4H,1H2,2H3,(H,10,11,12)/b9-4+. The van der Waals surface area contributed by atoms with E-state index in [0.29, 0.717) is 0 Å². The highest BCUT2D eigenvalue weighted by molar-refractivity contribution is 6.29. The molecular weight excluding hydrogens is 172 g/mol. The molecule has 68 valence electrons. The Hall–Kier alpha value is -1.91. The first-order valence-electron chi connectivity index (χ1n) is 3.49. The van der Waals surface area contributed by atoms with Gasteiger partial charge in [0.2, 0.25) is 0 Å². The fraction of sp³-hybridized carbons (Fsp3) is 0.125. The van der Waals surface area contributed by atoms with E-state index >= 15 is 0 Å². The zero-order valence-corrected chi connectivity index (χ0v) is 7.03. The first-order valence-corrected chi connectivity index (χ1v) is 3.49. The summed E-state index contributed by atoms with van der Waals surface area (Å²) in [7, 11) is 1.35. The highest BCUT2D eigenvalue weighted by atomic mass is 16.6. The van der Waals surface area contributed by atoms with Gasteiger partial charge in [0.05, 0.1) is 17.4 Å². The van der Waals surface area contributed by atoms with Crippen LogP contribution in [0.3, 0.4) is 0 Å². The number of nitrogens with zero attached hydrogens (tertiary/aromatic N) is 1. The maximum absolute atomic E-state index is 11.1. The number of carbonyl (C=O) groups is 2. The quantitative estimate of drug-likeness (QED) is 0.370. The van der Waals surface area contributed by atoms with Crippen LogP contribution in [0.2, 0.25) is 0 Å². The van der Waals surface area contributed by atoms with E-state index in [-0.39, 0.29) is 11.1 Å². The van der Waals surface area contributed by atoms with Crippen LogP contribution in [0.15, 0.2) is 29.0 Å². The Morgan fingerprint density at radius 1 is 1.38 bits per heavy atom. The fourth-order valence-electron chi connectivity index (χ4n) is 0.919. The van der Waals surface area contributed by atoms with E-state index in [0.717, 1.165) is 0 Å². The lowest BCUT2D eigenvalue weighted by Gasteiger charge is -1.89. The molecule has 0 aromatic rings. The van der Waals surface area contributed by atoms with Gasteiger partial charge in [-0.05, 0) is 0 Å². The minimum Gasteiger partial charge on any atom is -0.399 e. The summed E-state index contributed by atoms with van der Waals surface area (Å²) < 4.78 is 0. The number of amides is 2. The molecule has 0 saturated carbocycles. The van der Waals surface area contributed by atoms with Gasteiger partial charge in [-0.25, -0.2) is 0 Å². The second-order valence-electron chi connectivity index (χ2n) is 2.23. The van der Waals surface area contributed by atoms with Crippen LogP contribution in [-0.4, -0.2) is 25.1 Å². The third-order valence-corrected chi connectivity index (χ3v) is 1.50. The number of hydrogen-bond donors (Lipinski definition) is 1. The smallest absolute Gasteiger partial charge is 0.260 e. The second kappa shape index (κ2) is 3.66. The summed E-state index contributed by atoms with van der Waals surface area (Å²) in [6.45, 7) is 3.41. The zero-order valence-electron chi connectivity index (χ0n) is 7.03. The largest absolute Gasteiger partial charge is 0.399 e. The van der Waals surface area contributed by atoms with Gasteiger partial charge in [0.15, 0.2) is 0 Å². The van der Waals surface area contributed by atoms with Gasteiger partial charge in [-0.15, -0.1) is 0 Å². The van der Waals surface area contributed by atoms with Crippen LogP contribution in [0.1, 0.15) is 0 Å². The van der Waals surface area contributed by atoms with Crippen molar-refractivity contribution in [1.29, 1.82) is 0 Å². The SMILES string of the molecule is C=CC1=C(/C=N/OC)C(=O)NC1=O. The van der Waals surface area contributed by atoms with Crippen molar-refractivity contribution in [2.45, 2.75) is 0 Å². The lowest BCUT2D eigenvalue weighted by Crippen LogP contribution is -2.23. The van der Waals surface area contributed by atoms with E-state index in [4.69, 9.17) is 0 Å². The average molecular weight is 180 g/mol. The van der Waals surface area contributed by atoms with Gasteiger partial charge < -0.3 is 4.84 Å². The van der Waals surface area contributed by atoms with Crippen molar-refractivity contribution in [2.75, 3.05) is 7.11 Å². The minimum atomic E-state index is -0.485. The van der Waals surface area contributed by atoms with Gasteiger partial charge in [0, 0.05) is 0 Å². The first kappa shape index (κ1) is 9.18. The second-order valence-corrected chi connectivity index (χ2v) is 2.23. The summed E-state index contributed by atoms with van der Waals surface area (Å²) in [5, 5.41) is 5.50. The monoisotopic (exact) mass is 180 g/mol. The van der Waals surface area contributed by atoms with E-state index in [1.165, 1.54) is 19.4 Å². The molecule has 0 aliphatic carbocycles. The highest BCUT2D eigenvalue weighted by Gasteiger charge is 2.26. The number of imide groups is 1. The number of hydrogen-bond acceptors (Lipinski definition) is 4. The molecule has 1 aliphatic heterocycles. The third kappa shape index (κ3) is 1.64. The van der Waals surface area contributed by atoms with Crippen LogP contribution in [0.5, 0.6) is 0 Å². The molecule has 1 aliphatic rings. The Balaban J connectivity index is 3.06. The van der Waals surface area contributed by atoms with E-state index in [1.54, 1.807) is 0 Å². The minimum absolute atomic E-state index is 0.168. The molecule has 5 nitrogen and oxygen atoms in total. The molecule has 0 saturated heterocycles. The third-order valence-electron chi connectivity index (χ3n) is 1.50. The van der Waals surface area contributed by atoms with Gasteiger partial charge in [-0.1, -0.05) is 17.8 Å². The van der Waals surface area contributed by atoms with Crippen LogP contribution in [0.25, 0.3) is 0 Å². The zero-order chi connectivity index (χ0) is 9.84. The topological polar surface area (TPSA) is 67.8 Å². The Morgan fingerprint density at radius 2 is 2.00 bits per heavy atom. The Morgan fingerprint density at radius 3 is 2.54 bits per heavy atom. The summed E-state index contributed by atoms with van der Waals surface area (Å²) in [4.78, 5) is 26.5. The van der Waals surface area contributed by atoms with Crippen LogP contribution < -0.4 is 5.32 Å². The van der Waals surface area contributed by atoms with Gasteiger partial charge in [-0.2, -0.15) is 0 Å². The van der Waals surface area contributed by atoms with Crippen LogP contribution in [0.4, 0.5) is 0 Å². The Labute approximate surface area is 74.7 Å². The summed E-state index contributed by atoms with van der Waals surface area (Å²) in [6.07, 6.45) is 2.48. The molecule has 0 spiro atoms. The molecule has 2 amide bonds. The van der Waals surface area contributed by atoms with Gasteiger partial charge >= 0.3 is 0 Å². The van der Waals surface area contributed by atoms with Crippen molar-refractivity contribution in [3.05, 3.63) is 23.8 Å². The van der Waals surface area contributed by atoms with Crippen molar-refractivity contribution < 1.29 is 14.4 Å². The van der Waals surface area contributed by atoms with Crippen LogP contribution >= 0.6 is 0 Å². The molecule has 0 bridgehead atoms. The predicted octanol–water partition coefficient (Wildman–Crippen LogP) is -0.242. The number of carbonyl (C=O) groups excluding carboxylic acids is 2. The van der Waals surface area contributed by atoms with E-state index in [2.05, 4.69) is 21.9 Å². The summed E-state index contributed by atoms with van der Waals surface area (Å²) in [5.41, 5.74) is 0.382. The summed E-state index contributed by atoms with van der Waals surface area (Å²) in [5.74, 6) is -0.946. The van der Waals surface area contributed by atoms with Gasteiger partial charge in [0.1, 0.15) is 7.11 Å². The van der Waals surface area contributed by atoms with Crippen molar-refractivity contribution in [3.8, 4) is 0 Å². The van der Waals surface area contributed by atoms with Crippen molar-refractivity contribution in [1.82, 2.24) is 5.32 Å². The molecular formula is C8H8N2O3. The Bertz CT molecular complexity index is 328. The first-order chi connectivity index (χ1) is 6.20. The molecule has 0 fully saturated rings. The number of oxime groups is 1. The van der Waals surface area contributed by atoms with Gasteiger partial charge in [-0.3, -0.25) is 14.9 Å². The van der Waals surface area contributed by atoms with Gasteiger partial charge in [0.25, 0.3) is 11.8 Å². The molecule has 0 aromatic carbocycles. The van der Waals surface area contributed by atoms with Crippen molar-refractivity contribution >= 4 is 18.0 Å². The predicted molar refractivity (Wildman–Crippen MR) is 45.9 cm³/mol. The average Bonchev–Trinajstić information content (AvgIpc) is 2.37. The molecule has 0 atom stereocenters. The Kier molecular flexibility index (Phi) is 2.59. The lowest BCUT2D eigenvalue weighted by atomic mass is 10.1. The maximum Gasteiger partial charge on any atom is 0.260 e. The highest BCUT2D eigenvalue weighted by Crippen LogP contribution is 2.11. The molecule has 1 rings (SSSR count).